The Bertz CT molecular complexity index is 504. The maximum absolute atomic E-state index is 12.1. The average Bonchev–Trinajstić information content (AvgIpc) is 2.59. The number of hydrogen-bond donors (Lipinski definition) is 4. The summed E-state index contributed by atoms with van der Waals surface area (Å²) < 4.78 is 0. The maximum Gasteiger partial charge on any atom is 0.325 e. The van der Waals surface area contributed by atoms with E-state index in [1.54, 1.807) is 0 Å². The molecule has 0 aromatic rings. The topological polar surface area (TPSA) is 133 Å². The zero-order valence-corrected chi connectivity index (χ0v) is 17.7. The summed E-state index contributed by atoms with van der Waals surface area (Å²) in [5.74, 6) is -2.28. The van der Waals surface area contributed by atoms with Gasteiger partial charge in [-0.15, -0.1) is 0 Å². The monoisotopic (exact) mass is 422 g/mol. The van der Waals surface area contributed by atoms with E-state index >= 15 is 0 Å². The van der Waals surface area contributed by atoms with Crippen molar-refractivity contribution in [1.82, 2.24) is 10.6 Å². The highest BCUT2D eigenvalue weighted by Crippen LogP contribution is 2.29. The van der Waals surface area contributed by atoms with Gasteiger partial charge in [-0.25, -0.2) is 0 Å². The van der Waals surface area contributed by atoms with Gasteiger partial charge in [0.05, 0.1) is 0 Å². The fourth-order valence-corrected chi connectivity index (χ4v) is 4.15. The third-order valence-electron chi connectivity index (χ3n) is 3.64. The molecule has 0 aliphatic heterocycles. The highest BCUT2D eigenvalue weighted by Gasteiger charge is 2.24. The minimum atomic E-state index is -1.21. The van der Waals surface area contributed by atoms with Crippen LogP contribution in [0.4, 0.5) is 0 Å². The van der Waals surface area contributed by atoms with E-state index in [1.165, 1.54) is 6.92 Å². The number of hydrogen-bond acceptors (Lipinski definition) is 6. The van der Waals surface area contributed by atoms with Crippen LogP contribution in [0, 0.1) is 0 Å². The molecule has 0 heterocycles. The van der Waals surface area contributed by atoms with Crippen LogP contribution in [0.25, 0.3) is 0 Å². The number of rotatable bonds is 15. The van der Waals surface area contributed by atoms with E-state index in [4.69, 9.17) is 10.2 Å². The second-order valence-corrected chi connectivity index (χ2v) is 9.27. The Morgan fingerprint density at radius 2 is 1.63 bits per heavy atom. The Labute approximate surface area is 168 Å². The summed E-state index contributed by atoms with van der Waals surface area (Å²) >= 11 is 0. The molecule has 0 bridgehead atoms. The first-order chi connectivity index (χ1) is 12.7. The molecule has 0 aliphatic rings. The van der Waals surface area contributed by atoms with Crippen molar-refractivity contribution < 1.29 is 29.4 Å². The van der Waals surface area contributed by atoms with Crippen LogP contribution in [0.3, 0.4) is 0 Å². The fraction of sp³-hybridized carbons (Fsp3) is 0.765. The lowest BCUT2D eigenvalue weighted by molar-refractivity contribution is -0.142. The molecular weight excluding hydrogens is 392 g/mol. The van der Waals surface area contributed by atoms with E-state index in [9.17, 15) is 19.2 Å². The molecule has 0 radical (unpaired) electrons. The zero-order chi connectivity index (χ0) is 20.8. The molecule has 27 heavy (non-hydrogen) atoms. The molecule has 0 rings (SSSR count). The van der Waals surface area contributed by atoms with Crippen molar-refractivity contribution in [3.63, 3.8) is 0 Å². The number of carbonyl (C=O) groups is 4. The van der Waals surface area contributed by atoms with E-state index < -0.39 is 29.9 Å². The Morgan fingerprint density at radius 1 is 0.963 bits per heavy atom. The predicted octanol–water partition coefficient (Wildman–Crippen LogP) is 2.28. The first kappa shape index (κ1) is 25.6. The second kappa shape index (κ2) is 14.6. The van der Waals surface area contributed by atoms with Crippen LogP contribution < -0.4 is 10.6 Å². The summed E-state index contributed by atoms with van der Waals surface area (Å²) in [7, 11) is 3.64. The molecule has 3 unspecified atom stereocenters. The summed E-state index contributed by atoms with van der Waals surface area (Å²) in [6.07, 6.45) is 2.39. The molecule has 8 nitrogen and oxygen atoms in total. The first-order valence-electron chi connectivity index (χ1n) is 8.99. The van der Waals surface area contributed by atoms with Crippen LogP contribution in [0.5, 0.6) is 0 Å². The number of nitrogens with one attached hydrogen (secondary N) is 2. The molecule has 4 N–H and O–H groups in total. The summed E-state index contributed by atoms with van der Waals surface area (Å²) in [5, 5.41) is 22.9. The largest absolute Gasteiger partial charge is 0.481 e. The molecular formula is C17H30N2O6S2. The van der Waals surface area contributed by atoms with Gasteiger partial charge in [-0.2, -0.15) is 0 Å². The minimum Gasteiger partial charge on any atom is -0.481 e. The Kier molecular flexibility index (Phi) is 13.8. The van der Waals surface area contributed by atoms with Crippen molar-refractivity contribution in [2.45, 2.75) is 76.6 Å². The van der Waals surface area contributed by atoms with Crippen molar-refractivity contribution >= 4 is 45.3 Å². The van der Waals surface area contributed by atoms with Crippen molar-refractivity contribution in [3.8, 4) is 0 Å². The third kappa shape index (κ3) is 13.4. The molecule has 0 aromatic heterocycles. The van der Waals surface area contributed by atoms with Crippen LogP contribution >= 0.6 is 21.6 Å². The highest BCUT2D eigenvalue weighted by atomic mass is 33.1. The van der Waals surface area contributed by atoms with Crippen LogP contribution in [-0.4, -0.2) is 57.1 Å². The molecule has 0 spiro atoms. The van der Waals surface area contributed by atoms with Gasteiger partial charge < -0.3 is 20.8 Å². The summed E-state index contributed by atoms with van der Waals surface area (Å²) in [5.41, 5.74) is 0. The summed E-state index contributed by atoms with van der Waals surface area (Å²) in [6, 6.07) is -2.19. The predicted molar refractivity (Wildman–Crippen MR) is 108 cm³/mol. The lowest BCUT2D eigenvalue weighted by atomic mass is 10.1. The summed E-state index contributed by atoms with van der Waals surface area (Å²) in [6.45, 7) is 5.54. The van der Waals surface area contributed by atoms with E-state index in [1.807, 2.05) is 21.6 Å². The molecule has 156 valence electrons. The van der Waals surface area contributed by atoms with E-state index in [2.05, 4.69) is 24.5 Å². The lowest BCUT2D eigenvalue weighted by Crippen LogP contribution is -2.50. The van der Waals surface area contributed by atoms with Gasteiger partial charge in [0, 0.05) is 23.8 Å². The molecule has 0 fully saturated rings. The van der Waals surface area contributed by atoms with E-state index in [0.29, 0.717) is 11.7 Å². The van der Waals surface area contributed by atoms with Crippen LogP contribution in [0.1, 0.15) is 59.3 Å². The maximum atomic E-state index is 12.1. The average molecular weight is 423 g/mol. The van der Waals surface area contributed by atoms with Crippen molar-refractivity contribution in [2.24, 2.45) is 0 Å². The highest BCUT2D eigenvalue weighted by molar-refractivity contribution is 8.76. The molecule has 3 atom stereocenters. The standard InChI is InChI=1S/C17H30N2O6S2/c1-4-26-27-11(2)7-5-6-8-14(20)19-13(9-10-15(21)22)16(23)18-12(3)17(24)25/h11-13H,4-10H2,1-3H3,(H,18,23)(H,19,20)(H,21,22)(H,24,25). The van der Waals surface area contributed by atoms with Gasteiger partial charge in [0.1, 0.15) is 12.1 Å². The SMILES string of the molecule is CCSSC(C)CCCCC(=O)NC(CCC(=O)O)C(=O)NC(C)C(=O)O. The molecule has 0 saturated carbocycles. The molecule has 2 amide bonds. The smallest absolute Gasteiger partial charge is 0.325 e. The number of carboxylic acid groups (broad SMARTS) is 2. The van der Waals surface area contributed by atoms with E-state index in [0.717, 1.165) is 18.6 Å². The summed E-state index contributed by atoms with van der Waals surface area (Å²) in [4.78, 5) is 45.8. The Hall–Kier alpha value is -1.42. The number of amides is 2. The van der Waals surface area contributed by atoms with Crippen LogP contribution in [-0.2, 0) is 19.2 Å². The van der Waals surface area contributed by atoms with Crippen molar-refractivity contribution in [1.29, 1.82) is 0 Å². The molecule has 0 aromatic carbocycles. The first-order valence-corrected chi connectivity index (χ1v) is 11.4. The fourth-order valence-electron chi connectivity index (χ4n) is 2.13. The third-order valence-corrected chi connectivity index (χ3v) is 6.68. The number of carbonyl (C=O) groups excluding carboxylic acids is 2. The molecule has 0 saturated heterocycles. The van der Waals surface area contributed by atoms with Gasteiger partial charge >= 0.3 is 11.9 Å². The van der Waals surface area contributed by atoms with E-state index in [-0.39, 0.29) is 25.2 Å². The number of unbranched alkanes of at least 4 members (excludes halogenated alkanes) is 1. The second-order valence-electron chi connectivity index (χ2n) is 6.18. The Morgan fingerprint density at radius 3 is 2.19 bits per heavy atom. The zero-order valence-electron chi connectivity index (χ0n) is 16.0. The minimum absolute atomic E-state index is 0.0961. The van der Waals surface area contributed by atoms with Crippen LogP contribution in [0.2, 0.25) is 0 Å². The molecule has 0 aliphatic carbocycles. The molecule has 10 heteroatoms. The van der Waals surface area contributed by atoms with Gasteiger partial charge in [0.15, 0.2) is 0 Å². The number of carboxylic acids is 2. The Balaban J connectivity index is 4.42. The van der Waals surface area contributed by atoms with Crippen molar-refractivity contribution in [3.05, 3.63) is 0 Å². The van der Waals surface area contributed by atoms with Gasteiger partial charge in [0.25, 0.3) is 0 Å². The number of aliphatic carboxylic acids is 2. The normalized spacial score (nSPS) is 14.0. The van der Waals surface area contributed by atoms with Gasteiger partial charge in [-0.05, 0) is 26.2 Å². The van der Waals surface area contributed by atoms with Crippen molar-refractivity contribution in [2.75, 3.05) is 5.75 Å². The lowest BCUT2D eigenvalue weighted by Gasteiger charge is -2.19. The quantitative estimate of drug-likeness (QED) is 0.233. The van der Waals surface area contributed by atoms with Gasteiger partial charge in [-0.3, -0.25) is 19.2 Å². The van der Waals surface area contributed by atoms with Crippen LogP contribution in [0.15, 0.2) is 0 Å². The van der Waals surface area contributed by atoms with Gasteiger partial charge in [0.2, 0.25) is 11.8 Å². The van der Waals surface area contributed by atoms with Gasteiger partial charge in [-0.1, -0.05) is 41.9 Å².